The molecule has 9 aromatic rings. The minimum absolute atomic E-state index is 0.708. The van der Waals surface area contributed by atoms with E-state index >= 15 is 0 Å². The quantitative estimate of drug-likeness (QED) is 0.197. The number of benzene rings is 7. The number of nitrogens with zero attached hydrogens (tertiary/aromatic N) is 3. The van der Waals surface area contributed by atoms with E-state index in [1.54, 1.807) is 0 Å². The fraction of sp³-hybridized carbons (Fsp3) is 0. The summed E-state index contributed by atoms with van der Waals surface area (Å²) in [5.41, 5.74) is 12.1. The van der Waals surface area contributed by atoms with Crippen molar-refractivity contribution in [1.82, 2.24) is 14.5 Å². The van der Waals surface area contributed by atoms with Gasteiger partial charge in [0.05, 0.1) is 22.2 Å². The Morgan fingerprint density at radius 1 is 0.383 bits per heavy atom. The van der Waals surface area contributed by atoms with Crippen molar-refractivity contribution in [3.8, 4) is 50.6 Å². The van der Waals surface area contributed by atoms with Crippen molar-refractivity contribution in [2.24, 2.45) is 0 Å². The molecule has 9 rings (SSSR count). The van der Waals surface area contributed by atoms with Crippen LogP contribution < -0.4 is 0 Å². The van der Waals surface area contributed by atoms with Gasteiger partial charge in [-0.25, -0.2) is 9.97 Å². The van der Waals surface area contributed by atoms with E-state index in [1.807, 2.05) is 18.2 Å². The topological polar surface area (TPSA) is 30.7 Å². The molecule has 0 amide bonds. The first-order chi connectivity index (χ1) is 23.3. The van der Waals surface area contributed by atoms with Gasteiger partial charge in [-0.05, 0) is 53.1 Å². The van der Waals surface area contributed by atoms with E-state index in [4.69, 9.17) is 9.97 Å². The van der Waals surface area contributed by atoms with Crippen molar-refractivity contribution < 1.29 is 0 Å². The van der Waals surface area contributed by atoms with Gasteiger partial charge in [-0.1, -0.05) is 140 Å². The van der Waals surface area contributed by atoms with E-state index in [0.29, 0.717) is 5.82 Å². The van der Waals surface area contributed by atoms with Crippen molar-refractivity contribution in [3.63, 3.8) is 0 Å². The number of hydrogen-bond donors (Lipinski definition) is 0. The lowest BCUT2D eigenvalue weighted by molar-refractivity contribution is 1.17. The Labute approximate surface area is 273 Å². The van der Waals surface area contributed by atoms with Crippen LogP contribution in [0.2, 0.25) is 0 Å². The molecule has 0 fully saturated rings. The van der Waals surface area contributed by atoms with Crippen LogP contribution in [-0.4, -0.2) is 14.5 Å². The molecule has 0 saturated heterocycles. The van der Waals surface area contributed by atoms with Crippen LogP contribution in [0.3, 0.4) is 0 Å². The fourth-order valence-corrected chi connectivity index (χ4v) is 6.81. The average Bonchev–Trinajstić information content (AvgIpc) is 3.49. The highest BCUT2D eigenvalue weighted by atomic mass is 15.0. The first kappa shape index (κ1) is 27.0. The van der Waals surface area contributed by atoms with Crippen molar-refractivity contribution >= 4 is 32.7 Å². The second-order valence-corrected chi connectivity index (χ2v) is 11.8. The van der Waals surface area contributed by atoms with E-state index < -0.39 is 0 Å². The molecule has 0 unspecified atom stereocenters. The Morgan fingerprint density at radius 2 is 1.00 bits per heavy atom. The maximum absolute atomic E-state index is 5.18. The van der Waals surface area contributed by atoms with E-state index in [-0.39, 0.29) is 0 Å². The molecule has 0 aliphatic heterocycles. The van der Waals surface area contributed by atoms with Crippen LogP contribution in [0.15, 0.2) is 176 Å². The third kappa shape index (κ3) is 4.68. The summed E-state index contributed by atoms with van der Waals surface area (Å²) in [7, 11) is 0. The molecule has 0 bridgehead atoms. The maximum atomic E-state index is 5.18. The minimum Gasteiger partial charge on any atom is -0.309 e. The Hall–Kier alpha value is -6.32. The Balaban J connectivity index is 1.31. The molecule has 7 aromatic carbocycles. The highest BCUT2D eigenvalue weighted by Crippen LogP contribution is 2.41. The van der Waals surface area contributed by atoms with Gasteiger partial charge in [0.2, 0.25) is 0 Å². The molecule has 0 atom stereocenters. The number of para-hydroxylation sites is 2. The summed E-state index contributed by atoms with van der Waals surface area (Å²) < 4.78 is 2.41. The standard InChI is InChI=1S/C44H29N3/c1-4-15-30(16-5-1)34-28-38(31-17-6-2-7-18-31)43-39(29-34)36-23-11-13-26-41(36)47(43)35-22-14-21-33(27-35)44-45-40-25-12-10-24-37(40)42(46-44)32-19-8-3-9-20-32/h1-29H. The van der Waals surface area contributed by atoms with Gasteiger partial charge in [0, 0.05) is 38.5 Å². The van der Waals surface area contributed by atoms with Gasteiger partial charge in [-0.2, -0.15) is 0 Å². The lowest BCUT2D eigenvalue weighted by Crippen LogP contribution is -1.98. The van der Waals surface area contributed by atoms with Crippen LogP contribution in [-0.2, 0) is 0 Å². The molecular weight excluding hydrogens is 571 g/mol. The van der Waals surface area contributed by atoms with Crippen LogP contribution in [0.25, 0.3) is 83.3 Å². The van der Waals surface area contributed by atoms with Gasteiger partial charge in [-0.15, -0.1) is 0 Å². The molecule has 0 radical (unpaired) electrons. The predicted octanol–water partition coefficient (Wildman–Crippen LogP) is 11.4. The van der Waals surface area contributed by atoms with E-state index in [9.17, 15) is 0 Å². The molecule has 0 aliphatic rings. The lowest BCUT2D eigenvalue weighted by Gasteiger charge is -2.15. The van der Waals surface area contributed by atoms with Gasteiger partial charge in [0.15, 0.2) is 5.82 Å². The summed E-state index contributed by atoms with van der Waals surface area (Å²) in [6.07, 6.45) is 0. The zero-order valence-electron chi connectivity index (χ0n) is 25.6. The summed E-state index contributed by atoms with van der Waals surface area (Å²) in [5, 5.41) is 3.48. The Bertz CT molecular complexity index is 2550. The van der Waals surface area contributed by atoms with Crippen LogP contribution >= 0.6 is 0 Å². The highest BCUT2D eigenvalue weighted by molar-refractivity contribution is 6.15. The Morgan fingerprint density at radius 3 is 1.77 bits per heavy atom. The van der Waals surface area contributed by atoms with Crippen molar-refractivity contribution in [1.29, 1.82) is 0 Å². The predicted molar refractivity (Wildman–Crippen MR) is 196 cm³/mol. The third-order valence-electron chi connectivity index (χ3n) is 8.97. The molecule has 2 aromatic heterocycles. The molecular formula is C44H29N3. The molecule has 3 heteroatoms. The number of aromatic nitrogens is 3. The Kier molecular flexibility index (Phi) is 6.46. The molecule has 2 heterocycles. The van der Waals surface area contributed by atoms with Crippen LogP contribution in [0.1, 0.15) is 0 Å². The van der Waals surface area contributed by atoms with Gasteiger partial charge < -0.3 is 4.57 Å². The summed E-state index contributed by atoms with van der Waals surface area (Å²) >= 11 is 0. The largest absolute Gasteiger partial charge is 0.309 e. The van der Waals surface area contributed by atoms with Gasteiger partial charge in [-0.3, -0.25) is 0 Å². The van der Waals surface area contributed by atoms with Gasteiger partial charge in [0.1, 0.15) is 0 Å². The minimum atomic E-state index is 0.708. The van der Waals surface area contributed by atoms with Crippen LogP contribution in [0.5, 0.6) is 0 Å². The van der Waals surface area contributed by atoms with Gasteiger partial charge >= 0.3 is 0 Å². The number of hydrogen-bond acceptors (Lipinski definition) is 2. The zero-order chi connectivity index (χ0) is 31.2. The molecule has 220 valence electrons. The summed E-state index contributed by atoms with van der Waals surface area (Å²) in [6, 6.07) is 62.1. The van der Waals surface area contributed by atoms with Crippen molar-refractivity contribution in [3.05, 3.63) is 176 Å². The summed E-state index contributed by atoms with van der Waals surface area (Å²) in [5.74, 6) is 0.708. The maximum Gasteiger partial charge on any atom is 0.160 e. The summed E-state index contributed by atoms with van der Waals surface area (Å²) in [6.45, 7) is 0. The van der Waals surface area contributed by atoms with E-state index in [1.165, 1.54) is 38.5 Å². The molecule has 0 spiro atoms. The average molecular weight is 600 g/mol. The molecule has 3 nitrogen and oxygen atoms in total. The smallest absolute Gasteiger partial charge is 0.160 e. The molecule has 0 N–H and O–H groups in total. The van der Waals surface area contributed by atoms with E-state index in [0.717, 1.165) is 38.9 Å². The fourth-order valence-electron chi connectivity index (χ4n) is 6.81. The highest BCUT2D eigenvalue weighted by Gasteiger charge is 2.19. The lowest BCUT2D eigenvalue weighted by atomic mass is 9.95. The summed E-state index contributed by atoms with van der Waals surface area (Å²) in [4.78, 5) is 10.2. The number of rotatable bonds is 5. The van der Waals surface area contributed by atoms with Crippen LogP contribution in [0, 0.1) is 0 Å². The second-order valence-electron chi connectivity index (χ2n) is 11.8. The third-order valence-corrected chi connectivity index (χ3v) is 8.97. The normalized spacial score (nSPS) is 11.4. The number of fused-ring (bicyclic) bond motifs is 4. The first-order valence-electron chi connectivity index (χ1n) is 15.9. The van der Waals surface area contributed by atoms with Crippen LogP contribution in [0.4, 0.5) is 0 Å². The SMILES string of the molecule is c1ccc(-c2cc(-c3ccccc3)c3c(c2)c2ccccc2n3-c2cccc(-c3nc(-c4ccccc4)c4ccccc4n3)c2)cc1. The molecule has 0 aliphatic carbocycles. The van der Waals surface area contributed by atoms with Crippen molar-refractivity contribution in [2.45, 2.75) is 0 Å². The molecule has 47 heavy (non-hydrogen) atoms. The first-order valence-corrected chi connectivity index (χ1v) is 15.9. The molecule has 0 saturated carbocycles. The van der Waals surface area contributed by atoms with E-state index in [2.05, 4.69) is 162 Å². The van der Waals surface area contributed by atoms with Crippen molar-refractivity contribution in [2.75, 3.05) is 0 Å². The second kappa shape index (κ2) is 11.2. The zero-order valence-corrected chi connectivity index (χ0v) is 25.6. The van der Waals surface area contributed by atoms with Gasteiger partial charge in [0.25, 0.3) is 0 Å². The monoisotopic (exact) mass is 599 g/mol.